The number of aromatic nitrogens is 2. The molecule has 5 nitrogen and oxygen atoms in total. The third kappa shape index (κ3) is 7.25. The largest absolute Gasteiger partial charge is 0.456 e. The summed E-state index contributed by atoms with van der Waals surface area (Å²) < 4.78 is 63.9. The number of nitrogens with zero attached hydrogens (tertiary/aromatic N) is 5. The van der Waals surface area contributed by atoms with Crippen molar-refractivity contribution in [3.05, 3.63) is 151 Å². The summed E-state index contributed by atoms with van der Waals surface area (Å²) in [6, 6.07) is 33.7. The third-order valence-electron chi connectivity index (χ3n) is 5.76. The van der Waals surface area contributed by atoms with Crippen LogP contribution >= 0.6 is 0 Å². The summed E-state index contributed by atoms with van der Waals surface area (Å²) in [6.45, 7) is 1.73. The molecule has 0 amide bonds. The number of hydrazone groups is 1. The molecule has 5 aromatic rings. The fourth-order valence-corrected chi connectivity index (χ4v) is 3.82. The maximum absolute atomic E-state index is 13.1. The molecule has 0 saturated heterocycles. The summed E-state index contributed by atoms with van der Waals surface area (Å²) in [5.41, 5.74) is 1.94. The van der Waals surface area contributed by atoms with Crippen LogP contribution in [0.15, 0.2) is 114 Å². The summed E-state index contributed by atoms with van der Waals surface area (Å²) in [7, 11) is 0. The monoisotopic (exact) mass is 751 g/mol. The minimum atomic E-state index is -4.39. The zero-order valence-corrected chi connectivity index (χ0v) is 23.7. The van der Waals surface area contributed by atoms with Gasteiger partial charge in [-0.25, -0.2) is 8.78 Å². The average Bonchev–Trinajstić information content (AvgIpc) is 3.44. The Bertz CT molecular complexity index is 1620. The fourth-order valence-electron chi connectivity index (χ4n) is 3.82. The van der Waals surface area contributed by atoms with Crippen LogP contribution in [0.1, 0.15) is 11.1 Å². The first-order chi connectivity index (χ1) is 19.8. The Morgan fingerprint density at radius 2 is 1.45 bits per heavy atom. The second kappa shape index (κ2) is 13.5. The van der Waals surface area contributed by atoms with E-state index in [1.54, 1.807) is 24.9 Å². The van der Waals surface area contributed by atoms with Crippen molar-refractivity contribution in [3.63, 3.8) is 0 Å². The third-order valence-corrected chi connectivity index (χ3v) is 5.76. The van der Waals surface area contributed by atoms with E-state index in [2.05, 4.69) is 27.2 Å². The van der Waals surface area contributed by atoms with Crippen LogP contribution in [0.4, 0.5) is 33.3 Å². The number of para-hydroxylation sites is 1. The predicted molar refractivity (Wildman–Crippen MR) is 145 cm³/mol. The van der Waals surface area contributed by atoms with Gasteiger partial charge in [0.05, 0.1) is 0 Å². The first-order valence-corrected chi connectivity index (χ1v) is 12.2. The molecule has 0 spiro atoms. The Kier molecular flexibility index (Phi) is 9.80. The van der Waals surface area contributed by atoms with Crippen LogP contribution in [0.2, 0.25) is 0 Å². The Balaban J connectivity index is 0.000000228. The van der Waals surface area contributed by atoms with E-state index in [1.165, 1.54) is 17.3 Å². The van der Waals surface area contributed by atoms with Crippen molar-refractivity contribution in [1.29, 1.82) is 0 Å². The SMILES string of the molecule is FC(F)(F)c1c[c-]c(N2[CH-]N(c3ccccc3)C(c3ccccc3)=N2)cc1.Fc1c[c-]c(-c2ccccn2)c(F)n1.[Pt]. The fraction of sp³-hybridized carbons (Fsp3) is 0.0323. The molecule has 0 fully saturated rings. The molecule has 1 aliphatic heterocycles. The number of alkyl halides is 3. The maximum atomic E-state index is 13.1. The van der Waals surface area contributed by atoms with E-state index < -0.39 is 23.6 Å². The van der Waals surface area contributed by atoms with Gasteiger partial charge < -0.3 is 14.9 Å². The molecule has 3 heterocycles. The normalized spacial score (nSPS) is 12.6. The standard InChI is InChI=1S/C21H14F3N3.C10H5F2N2.Pt/c22-21(23,24)17-11-13-19(14-12-17)27-15-26(18-9-5-2-6-10-18)20(25-27)16-7-3-1-4-8-16;11-9-5-4-7(10(12)14-9)8-3-1-2-6-13-8;/h1-13,15H;1-3,5-6H;/q-2;-1;. The number of amidine groups is 1. The van der Waals surface area contributed by atoms with Gasteiger partial charge in [0.25, 0.3) is 0 Å². The molecule has 2 aromatic heterocycles. The topological polar surface area (TPSA) is 44.6 Å². The van der Waals surface area contributed by atoms with E-state index in [-0.39, 0.29) is 26.6 Å². The zero-order chi connectivity index (χ0) is 28.8. The quantitative estimate of drug-likeness (QED) is 0.108. The van der Waals surface area contributed by atoms with Crippen molar-refractivity contribution in [2.24, 2.45) is 5.10 Å². The van der Waals surface area contributed by atoms with Crippen LogP contribution in [0.3, 0.4) is 0 Å². The van der Waals surface area contributed by atoms with Gasteiger partial charge in [0.15, 0.2) is 0 Å². The molecule has 42 heavy (non-hydrogen) atoms. The average molecular weight is 752 g/mol. The number of benzene rings is 3. The maximum Gasteiger partial charge on any atom is 0.370 e. The van der Waals surface area contributed by atoms with E-state index in [9.17, 15) is 22.0 Å². The van der Waals surface area contributed by atoms with Crippen molar-refractivity contribution >= 4 is 17.2 Å². The Morgan fingerprint density at radius 1 is 0.762 bits per heavy atom. The zero-order valence-electron chi connectivity index (χ0n) is 21.4. The van der Waals surface area contributed by atoms with Gasteiger partial charge in [-0.15, -0.1) is 18.8 Å². The van der Waals surface area contributed by atoms with Gasteiger partial charge in [-0.3, -0.25) is 4.98 Å². The molecule has 0 unspecified atom stereocenters. The number of pyridine rings is 2. The number of hydrogen-bond acceptors (Lipinski definition) is 5. The van der Waals surface area contributed by atoms with Gasteiger partial charge in [-0.2, -0.15) is 36.5 Å². The summed E-state index contributed by atoms with van der Waals surface area (Å²) >= 11 is 0. The van der Waals surface area contributed by atoms with E-state index in [4.69, 9.17) is 0 Å². The van der Waals surface area contributed by atoms with Gasteiger partial charge in [0.1, 0.15) is 17.7 Å². The molecule has 0 aliphatic carbocycles. The van der Waals surface area contributed by atoms with Crippen molar-refractivity contribution in [1.82, 2.24) is 9.97 Å². The van der Waals surface area contributed by atoms with Crippen molar-refractivity contribution < 1.29 is 43.0 Å². The second-order valence-corrected chi connectivity index (χ2v) is 8.52. The van der Waals surface area contributed by atoms with Gasteiger partial charge in [-0.05, 0) is 23.9 Å². The molecule has 0 atom stereocenters. The van der Waals surface area contributed by atoms with E-state index in [1.807, 2.05) is 65.6 Å². The molecule has 0 saturated carbocycles. The second-order valence-electron chi connectivity index (χ2n) is 8.52. The molecule has 3 aromatic carbocycles. The van der Waals surface area contributed by atoms with E-state index in [0.29, 0.717) is 17.2 Å². The van der Waals surface area contributed by atoms with Crippen LogP contribution in [0.5, 0.6) is 0 Å². The smallest absolute Gasteiger partial charge is 0.370 e. The molecule has 1 aliphatic rings. The van der Waals surface area contributed by atoms with E-state index in [0.717, 1.165) is 29.4 Å². The molecule has 0 radical (unpaired) electrons. The Hall–Kier alpha value is -4.43. The molecule has 0 bridgehead atoms. The van der Waals surface area contributed by atoms with Crippen LogP contribution in [0.25, 0.3) is 11.3 Å². The molecule has 216 valence electrons. The molecule has 6 rings (SSSR count). The molecule has 0 N–H and O–H groups in total. The molecular formula is C31H19F5N5Pt-3. The Morgan fingerprint density at radius 3 is 2.05 bits per heavy atom. The minimum Gasteiger partial charge on any atom is -0.456 e. The minimum absolute atomic E-state index is 0. The van der Waals surface area contributed by atoms with Crippen molar-refractivity contribution in [2.75, 3.05) is 9.91 Å². The van der Waals surface area contributed by atoms with Crippen LogP contribution in [-0.4, -0.2) is 15.8 Å². The van der Waals surface area contributed by atoms with Gasteiger partial charge in [-0.1, -0.05) is 83.5 Å². The van der Waals surface area contributed by atoms with Crippen LogP contribution < -0.4 is 9.91 Å². The number of anilines is 2. The number of halogens is 5. The van der Waals surface area contributed by atoms with Gasteiger partial charge in [0, 0.05) is 38.5 Å². The number of hydrogen-bond donors (Lipinski definition) is 0. The van der Waals surface area contributed by atoms with Crippen LogP contribution in [-0.2, 0) is 27.2 Å². The molecule has 11 heteroatoms. The van der Waals surface area contributed by atoms with Gasteiger partial charge >= 0.3 is 6.18 Å². The summed E-state index contributed by atoms with van der Waals surface area (Å²) in [5, 5.41) is 6.11. The van der Waals surface area contributed by atoms with E-state index >= 15 is 0 Å². The predicted octanol–water partition coefficient (Wildman–Crippen LogP) is 7.53. The first kappa shape index (κ1) is 30.5. The van der Waals surface area contributed by atoms with Gasteiger partial charge in [0.2, 0.25) is 0 Å². The summed E-state index contributed by atoms with van der Waals surface area (Å²) in [5.74, 6) is -1.11. The van der Waals surface area contributed by atoms with Crippen LogP contribution in [0, 0.1) is 30.7 Å². The summed E-state index contributed by atoms with van der Waals surface area (Å²) in [4.78, 5) is 8.84. The number of rotatable bonds is 4. The van der Waals surface area contributed by atoms with Crippen molar-refractivity contribution in [2.45, 2.75) is 6.18 Å². The van der Waals surface area contributed by atoms with Crippen molar-refractivity contribution in [3.8, 4) is 11.3 Å². The Labute approximate surface area is 253 Å². The summed E-state index contributed by atoms with van der Waals surface area (Å²) in [6.07, 6.45) is -2.87. The first-order valence-electron chi connectivity index (χ1n) is 12.2. The molecular weight excluding hydrogens is 732 g/mol.